The molecule has 2 rings (SSSR count). The Hall–Kier alpha value is -1.10. The normalized spacial score (nSPS) is 17.5. The highest BCUT2D eigenvalue weighted by Gasteiger charge is 2.17. The van der Waals surface area contributed by atoms with Crippen LogP contribution in [0.15, 0.2) is 16.7 Å². The Morgan fingerprint density at radius 3 is 2.58 bits per heavy atom. The number of nitrogens with two attached hydrogens (primary N) is 1. The fourth-order valence-electron chi connectivity index (χ4n) is 2.50. The third-order valence-electron chi connectivity index (χ3n) is 3.57. The number of rotatable bonds is 2. The van der Waals surface area contributed by atoms with E-state index >= 15 is 0 Å². The van der Waals surface area contributed by atoms with Crippen molar-refractivity contribution in [2.75, 3.05) is 5.73 Å². The quantitative estimate of drug-likeness (QED) is 0.876. The molecule has 3 N–H and O–H groups in total. The first-order chi connectivity index (χ1) is 9.16. The number of hydrogen-bond acceptors (Lipinski definition) is 3. The van der Waals surface area contributed by atoms with E-state index in [4.69, 9.17) is 5.73 Å². The van der Waals surface area contributed by atoms with Crippen molar-refractivity contribution < 1.29 is 4.79 Å². The molecule has 0 aromatic carbocycles. The van der Waals surface area contributed by atoms with Crippen LogP contribution in [-0.4, -0.2) is 16.9 Å². The molecular weight excluding hydrogens is 306 g/mol. The van der Waals surface area contributed by atoms with Gasteiger partial charge in [0.2, 0.25) is 0 Å². The Morgan fingerprint density at radius 2 is 1.89 bits per heavy atom. The van der Waals surface area contributed by atoms with Crippen LogP contribution in [0, 0.1) is 0 Å². The molecule has 5 heteroatoms. The van der Waals surface area contributed by atoms with Crippen molar-refractivity contribution in [2.24, 2.45) is 0 Å². The van der Waals surface area contributed by atoms with E-state index in [1.807, 2.05) is 0 Å². The van der Waals surface area contributed by atoms with Gasteiger partial charge < -0.3 is 11.1 Å². The highest BCUT2D eigenvalue weighted by atomic mass is 79.9. The number of nitrogens with one attached hydrogen (secondary N) is 1. The molecule has 0 spiro atoms. The first-order valence-electron chi connectivity index (χ1n) is 6.88. The predicted octanol–water partition coefficient (Wildman–Crippen LogP) is 3.27. The lowest BCUT2D eigenvalue weighted by Crippen LogP contribution is -2.35. The maximum absolute atomic E-state index is 12.2. The molecule has 1 heterocycles. The lowest BCUT2D eigenvalue weighted by Gasteiger charge is -2.21. The first kappa shape index (κ1) is 14.3. The molecule has 1 aromatic heterocycles. The van der Waals surface area contributed by atoms with Gasteiger partial charge in [-0.2, -0.15) is 0 Å². The third-order valence-corrected chi connectivity index (χ3v) is 4.00. The lowest BCUT2D eigenvalue weighted by atomic mass is 9.96. The maximum Gasteiger partial charge on any atom is 0.255 e. The molecule has 19 heavy (non-hydrogen) atoms. The minimum Gasteiger partial charge on any atom is -0.383 e. The minimum atomic E-state index is -0.114. The van der Waals surface area contributed by atoms with E-state index in [2.05, 4.69) is 26.2 Å². The number of halogens is 1. The zero-order valence-corrected chi connectivity index (χ0v) is 12.6. The van der Waals surface area contributed by atoms with Crippen LogP contribution in [0.2, 0.25) is 0 Å². The Morgan fingerprint density at radius 1 is 1.26 bits per heavy atom. The minimum absolute atomic E-state index is 0.114. The second-order valence-electron chi connectivity index (χ2n) is 5.10. The number of nitrogens with zero attached hydrogens (tertiary/aromatic N) is 1. The van der Waals surface area contributed by atoms with Crippen LogP contribution >= 0.6 is 15.9 Å². The van der Waals surface area contributed by atoms with Gasteiger partial charge in [-0.3, -0.25) is 4.79 Å². The highest BCUT2D eigenvalue weighted by molar-refractivity contribution is 9.10. The summed E-state index contributed by atoms with van der Waals surface area (Å²) < 4.78 is 0.768. The Kier molecular flexibility index (Phi) is 5.19. The fraction of sp³-hybridized carbons (Fsp3) is 0.571. The van der Waals surface area contributed by atoms with Crippen molar-refractivity contribution in [3.05, 3.63) is 22.3 Å². The summed E-state index contributed by atoms with van der Waals surface area (Å²) in [5.41, 5.74) is 6.21. The van der Waals surface area contributed by atoms with E-state index in [0.717, 1.165) is 17.3 Å². The predicted molar refractivity (Wildman–Crippen MR) is 79.9 cm³/mol. The van der Waals surface area contributed by atoms with Crippen LogP contribution in [0.1, 0.15) is 55.3 Å². The van der Waals surface area contributed by atoms with E-state index in [1.54, 1.807) is 12.3 Å². The summed E-state index contributed by atoms with van der Waals surface area (Å²) in [5.74, 6) is 0.170. The van der Waals surface area contributed by atoms with Crippen LogP contribution in [-0.2, 0) is 0 Å². The summed E-state index contributed by atoms with van der Waals surface area (Å²) in [6.45, 7) is 0. The summed E-state index contributed by atoms with van der Waals surface area (Å²) in [6.07, 6.45) is 9.97. The Labute approximate surface area is 122 Å². The van der Waals surface area contributed by atoms with Gasteiger partial charge in [0.05, 0.1) is 5.56 Å². The van der Waals surface area contributed by atoms with Crippen molar-refractivity contribution in [3.8, 4) is 0 Å². The second-order valence-corrected chi connectivity index (χ2v) is 6.02. The number of carbonyl (C=O) groups is 1. The number of carbonyl (C=O) groups excluding carboxylic acids is 1. The van der Waals surface area contributed by atoms with Crippen LogP contribution in [0.5, 0.6) is 0 Å². The standard InChI is InChI=1S/C14H20BrN3O/c15-10-8-12(13(16)17-9-10)14(19)18-11-6-4-2-1-3-5-7-11/h8-9,11H,1-7H2,(H2,16,17)(H,18,19). The monoisotopic (exact) mass is 325 g/mol. The van der Waals surface area contributed by atoms with Gasteiger partial charge in [-0.05, 0) is 34.8 Å². The van der Waals surface area contributed by atoms with Gasteiger partial charge in [-0.25, -0.2) is 4.98 Å². The SMILES string of the molecule is Nc1ncc(Br)cc1C(=O)NC1CCCCCCC1. The number of pyridine rings is 1. The molecule has 1 saturated carbocycles. The van der Waals surface area contributed by atoms with E-state index in [0.29, 0.717) is 5.56 Å². The third kappa shape index (κ3) is 4.20. The van der Waals surface area contributed by atoms with Crippen molar-refractivity contribution >= 4 is 27.7 Å². The van der Waals surface area contributed by atoms with Gasteiger partial charge in [0.25, 0.3) is 5.91 Å². The van der Waals surface area contributed by atoms with Gasteiger partial charge in [-0.1, -0.05) is 32.1 Å². The Balaban J connectivity index is 2.00. The lowest BCUT2D eigenvalue weighted by molar-refractivity contribution is 0.0931. The van der Waals surface area contributed by atoms with Crippen molar-refractivity contribution in [2.45, 2.75) is 51.0 Å². The molecule has 0 atom stereocenters. The van der Waals surface area contributed by atoms with Crippen LogP contribution < -0.4 is 11.1 Å². The van der Waals surface area contributed by atoms with E-state index in [9.17, 15) is 4.79 Å². The van der Waals surface area contributed by atoms with E-state index in [1.165, 1.54) is 32.1 Å². The average molecular weight is 326 g/mol. The summed E-state index contributed by atoms with van der Waals surface area (Å²) in [6, 6.07) is 1.99. The summed E-state index contributed by atoms with van der Waals surface area (Å²) in [4.78, 5) is 16.2. The molecule has 0 unspecified atom stereocenters. The molecule has 1 aliphatic rings. The molecule has 0 radical (unpaired) electrons. The average Bonchev–Trinajstić information content (AvgIpc) is 2.35. The summed E-state index contributed by atoms with van der Waals surface area (Å²) >= 11 is 3.31. The van der Waals surface area contributed by atoms with Crippen LogP contribution in [0.3, 0.4) is 0 Å². The topological polar surface area (TPSA) is 68.0 Å². The molecule has 1 aliphatic carbocycles. The molecular formula is C14H20BrN3O. The molecule has 1 amide bonds. The summed E-state index contributed by atoms with van der Waals surface area (Å²) in [5, 5.41) is 3.09. The first-order valence-corrected chi connectivity index (χ1v) is 7.68. The van der Waals surface area contributed by atoms with E-state index < -0.39 is 0 Å². The van der Waals surface area contributed by atoms with Gasteiger partial charge in [0.1, 0.15) is 5.82 Å². The van der Waals surface area contributed by atoms with Gasteiger partial charge >= 0.3 is 0 Å². The number of hydrogen-bond donors (Lipinski definition) is 2. The van der Waals surface area contributed by atoms with Gasteiger partial charge in [0.15, 0.2) is 0 Å². The Bertz CT molecular complexity index is 442. The largest absolute Gasteiger partial charge is 0.383 e. The fourth-order valence-corrected chi connectivity index (χ4v) is 2.83. The highest BCUT2D eigenvalue weighted by Crippen LogP contribution is 2.19. The van der Waals surface area contributed by atoms with Crippen molar-refractivity contribution in [1.82, 2.24) is 10.3 Å². The smallest absolute Gasteiger partial charge is 0.255 e. The molecule has 104 valence electrons. The molecule has 0 saturated heterocycles. The molecule has 1 fully saturated rings. The van der Waals surface area contributed by atoms with Crippen molar-refractivity contribution in [1.29, 1.82) is 0 Å². The zero-order valence-electron chi connectivity index (χ0n) is 11.0. The number of amides is 1. The molecule has 0 bridgehead atoms. The van der Waals surface area contributed by atoms with E-state index in [-0.39, 0.29) is 17.8 Å². The van der Waals surface area contributed by atoms with Gasteiger partial charge in [-0.15, -0.1) is 0 Å². The van der Waals surface area contributed by atoms with Crippen molar-refractivity contribution in [3.63, 3.8) is 0 Å². The zero-order chi connectivity index (χ0) is 13.7. The number of aromatic nitrogens is 1. The molecule has 0 aliphatic heterocycles. The maximum atomic E-state index is 12.2. The second kappa shape index (κ2) is 6.89. The number of anilines is 1. The molecule has 4 nitrogen and oxygen atoms in total. The molecule has 1 aromatic rings. The van der Waals surface area contributed by atoms with Crippen LogP contribution in [0.4, 0.5) is 5.82 Å². The summed E-state index contributed by atoms with van der Waals surface area (Å²) in [7, 11) is 0. The van der Waals surface area contributed by atoms with Gasteiger partial charge in [0, 0.05) is 16.7 Å². The van der Waals surface area contributed by atoms with Crippen LogP contribution in [0.25, 0.3) is 0 Å². The number of nitrogen functional groups attached to an aromatic ring is 1.